The lowest BCUT2D eigenvalue weighted by molar-refractivity contribution is -0.137. The zero-order valence-electron chi connectivity index (χ0n) is 18.6. The van der Waals surface area contributed by atoms with Crippen LogP contribution in [0, 0.1) is 5.92 Å². The molecule has 31 heavy (non-hydrogen) atoms. The van der Waals surface area contributed by atoms with Gasteiger partial charge in [0.05, 0.1) is 5.69 Å². The maximum Gasteiger partial charge on any atom is 0.294 e. The van der Waals surface area contributed by atoms with Crippen LogP contribution in [0.15, 0.2) is 34.9 Å². The Morgan fingerprint density at radius 3 is 2.65 bits per heavy atom. The van der Waals surface area contributed by atoms with Crippen molar-refractivity contribution in [2.75, 3.05) is 18.4 Å². The monoisotopic (exact) mass is 423 g/mol. The number of rotatable bonds is 5. The molecule has 1 saturated carbocycles. The normalized spacial score (nSPS) is 20.1. The molecule has 4 rings (SSSR count). The molecule has 166 valence electrons. The average Bonchev–Trinajstić information content (AvgIpc) is 3.30. The molecule has 1 aromatic carbocycles. The van der Waals surface area contributed by atoms with E-state index < -0.39 is 0 Å². The first-order chi connectivity index (χ1) is 15.0. The molecule has 0 radical (unpaired) electrons. The maximum atomic E-state index is 13.0. The fourth-order valence-corrected chi connectivity index (χ4v) is 4.91. The fraction of sp³-hybridized carbons (Fsp3) is 0.560. The molecular formula is C25H33N3O3. The molecule has 2 fully saturated rings. The van der Waals surface area contributed by atoms with Crippen LogP contribution in [0.1, 0.15) is 92.4 Å². The average molecular weight is 424 g/mol. The summed E-state index contributed by atoms with van der Waals surface area (Å²) in [5.41, 5.74) is 2.64. The van der Waals surface area contributed by atoms with Gasteiger partial charge >= 0.3 is 0 Å². The predicted molar refractivity (Wildman–Crippen MR) is 120 cm³/mol. The van der Waals surface area contributed by atoms with Gasteiger partial charge in [0.1, 0.15) is 0 Å². The van der Waals surface area contributed by atoms with Crippen molar-refractivity contribution >= 4 is 17.5 Å². The van der Waals surface area contributed by atoms with E-state index in [1.165, 1.54) is 6.42 Å². The molecule has 0 spiro atoms. The molecule has 1 atom stereocenters. The van der Waals surface area contributed by atoms with Crippen LogP contribution in [0.25, 0.3) is 0 Å². The summed E-state index contributed by atoms with van der Waals surface area (Å²) in [4.78, 5) is 27.7. The molecule has 1 saturated heterocycles. The van der Waals surface area contributed by atoms with Crippen LogP contribution in [0.4, 0.5) is 5.69 Å². The second-order valence-corrected chi connectivity index (χ2v) is 9.27. The number of hydrogen-bond acceptors (Lipinski definition) is 4. The molecule has 1 aromatic heterocycles. The summed E-state index contributed by atoms with van der Waals surface area (Å²) in [7, 11) is 0. The van der Waals surface area contributed by atoms with Crippen molar-refractivity contribution in [1.82, 2.24) is 10.1 Å². The van der Waals surface area contributed by atoms with E-state index in [-0.39, 0.29) is 23.5 Å². The zero-order valence-corrected chi connectivity index (χ0v) is 18.6. The van der Waals surface area contributed by atoms with Crippen LogP contribution in [0.3, 0.4) is 0 Å². The van der Waals surface area contributed by atoms with Crippen molar-refractivity contribution in [3.05, 3.63) is 47.3 Å². The minimum atomic E-state index is -0.294. The van der Waals surface area contributed by atoms with E-state index in [9.17, 15) is 9.59 Å². The van der Waals surface area contributed by atoms with E-state index in [2.05, 4.69) is 24.3 Å². The molecule has 0 bridgehead atoms. The number of hydrogen-bond donors (Lipinski definition) is 1. The van der Waals surface area contributed by atoms with Crippen LogP contribution >= 0.6 is 0 Å². The van der Waals surface area contributed by atoms with Crippen molar-refractivity contribution in [3.8, 4) is 0 Å². The topological polar surface area (TPSA) is 75.4 Å². The first-order valence-electron chi connectivity index (χ1n) is 11.7. The number of benzene rings is 1. The summed E-state index contributed by atoms with van der Waals surface area (Å²) in [6.45, 7) is 5.68. The third kappa shape index (κ3) is 5.00. The van der Waals surface area contributed by atoms with Gasteiger partial charge in [-0.3, -0.25) is 9.59 Å². The van der Waals surface area contributed by atoms with Gasteiger partial charge < -0.3 is 14.7 Å². The first kappa shape index (κ1) is 21.6. The lowest BCUT2D eigenvalue weighted by Gasteiger charge is -2.35. The van der Waals surface area contributed by atoms with Crippen LogP contribution in [-0.4, -0.2) is 35.0 Å². The molecule has 2 amide bonds. The highest BCUT2D eigenvalue weighted by molar-refractivity contribution is 6.02. The molecule has 6 heteroatoms. The minimum Gasteiger partial charge on any atom is -0.351 e. The van der Waals surface area contributed by atoms with Crippen molar-refractivity contribution in [3.63, 3.8) is 0 Å². The summed E-state index contributed by atoms with van der Waals surface area (Å²) >= 11 is 0. The highest BCUT2D eigenvalue weighted by atomic mass is 16.5. The van der Waals surface area contributed by atoms with Gasteiger partial charge in [-0.05, 0) is 43.2 Å². The standard InChI is InChI=1S/C25H33N3O3/c1-17(2)20-12-6-7-13-21(20)26-24(29)23-15-22(27-31-23)19-11-8-14-28(16-19)25(30)18-9-4-3-5-10-18/h6-7,12-13,15,17-19H,3-5,8-11,14,16H2,1-2H3,(H,26,29). The Labute approximate surface area is 184 Å². The molecule has 1 N–H and O–H groups in total. The number of carbonyl (C=O) groups excluding carboxylic acids is 2. The number of nitrogens with one attached hydrogen (secondary N) is 1. The maximum absolute atomic E-state index is 13.0. The number of para-hydroxylation sites is 1. The van der Waals surface area contributed by atoms with Gasteiger partial charge in [0.15, 0.2) is 0 Å². The molecule has 1 aliphatic carbocycles. The Balaban J connectivity index is 1.41. The number of likely N-dealkylation sites (tertiary alicyclic amines) is 1. The quantitative estimate of drug-likeness (QED) is 0.705. The molecule has 1 aliphatic heterocycles. The molecule has 2 heterocycles. The van der Waals surface area contributed by atoms with Crippen LogP contribution in [0.2, 0.25) is 0 Å². The van der Waals surface area contributed by atoms with Crippen LogP contribution in [0.5, 0.6) is 0 Å². The van der Waals surface area contributed by atoms with Crippen molar-refractivity contribution < 1.29 is 14.1 Å². The third-order valence-electron chi connectivity index (χ3n) is 6.69. The van der Waals surface area contributed by atoms with E-state index in [0.717, 1.165) is 62.0 Å². The SMILES string of the molecule is CC(C)c1ccccc1NC(=O)c1cc(C2CCCN(C(=O)C3CCCCC3)C2)no1. The highest BCUT2D eigenvalue weighted by Crippen LogP contribution is 2.31. The van der Waals surface area contributed by atoms with Gasteiger partial charge in [-0.1, -0.05) is 56.5 Å². The van der Waals surface area contributed by atoms with E-state index in [0.29, 0.717) is 18.4 Å². The van der Waals surface area contributed by atoms with Crippen molar-refractivity contribution in [2.24, 2.45) is 5.92 Å². The Bertz CT molecular complexity index is 914. The summed E-state index contributed by atoms with van der Waals surface area (Å²) in [5.74, 6) is 0.830. The number of nitrogens with zero attached hydrogens (tertiary/aromatic N) is 2. The number of amides is 2. The lowest BCUT2D eigenvalue weighted by Crippen LogP contribution is -2.42. The Morgan fingerprint density at radius 1 is 1.10 bits per heavy atom. The number of carbonyl (C=O) groups is 2. The van der Waals surface area contributed by atoms with Crippen molar-refractivity contribution in [2.45, 2.75) is 70.6 Å². The summed E-state index contributed by atoms with van der Waals surface area (Å²) < 4.78 is 5.40. The van der Waals surface area contributed by atoms with E-state index in [4.69, 9.17) is 4.52 Å². The highest BCUT2D eigenvalue weighted by Gasteiger charge is 2.31. The molecule has 2 aromatic rings. The third-order valence-corrected chi connectivity index (χ3v) is 6.69. The van der Waals surface area contributed by atoms with Gasteiger partial charge in [0, 0.05) is 36.7 Å². The summed E-state index contributed by atoms with van der Waals surface area (Å²) in [6.07, 6.45) is 7.53. The predicted octanol–water partition coefficient (Wildman–Crippen LogP) is 5.34. The molecular weight excluding hydrogens is 390 g/mol. The fourth-order valence-electron chi connectivity index (χ4n) is 4.91. The van der Waals surface area contributed by atoms with Crippen molar-refractivity contribution in [1.29, 1.82) is 0 Å². The van der Waals surface area contributed by atoms with Gasteiger partial charge in [-0.2, -0.15) is 0 Å². The van der Waals surface area contributed by atoms with Gasteiger partial charge in [0.2, 0.25) is 11.7 Å². The summed E-state index contributed by atoms with van der Waals surface area (Å²) in [5, 5.41) is 7.15. The van der Waals surface area contributed by atoms with Gasteiger partial charge in [0.25, 0.3) is 5.91 Å². The number of piperidine rings is 1. The number of anilines is 1. The van der Waals surface area contributed by atoms with Gasteiger partial charge in [-0.25, -0.2) is 0 Å². The van der Waals surface area contributed by atoms with Crippen LogP contribution in [-0.2, 0) is 4.79 Å². The Kier molecular flexibility index (Phi) is 6.73. The molecule has 2 aliphatic rings. The molecule has 6 nitrogen and oxygen atoms in total. The Morgan fingerprint density at radius 2 is 1.87 bits per heavy atom. The van der Waals surface area contributed by atoms with Gasteiger partial charge in [-0.15, -0.1) is 0 Å². The van der Waals surface area contributed by atoms with E-state index in [1.807, 2.05) is 29.2 Å². The lowest BCUT2D eigenvalue weighted by atomic mass is 9.87. The Hall–Kier alpha value is -2.63. The second kappa shape index (κ2) is 9.67. The van der Waals surface area contributed by atoms with E-state index >= 15 is 0 Å². The first-order valence-corrected chi connectivity index (χ1v) is 11.7. The minimum absolute atomic E-state index is 0.120. The van der Waals surface area contributed by atoms with Crippen LogP contribution < -0.4 is 5.32 Å². The summed E-state index contributed by atoms with van der Waals surface area (Å²) in [6, 6.07) is 9.55. The van der Waals surface area contributed by atoms with E-state index in [1.54, 1.807) is 6.07 Å². The zero-order chi connectivity index (χ0) is 21.8. The number of aromatic nitrogens is 1. The molecule has 1 unspecified atom stereocenters. The smallest absolute Gasteiger partial charge is 0.294 e. The largest absolute Gasteiger partial charge is 0.351 e. The second-order valence-electron chi connectivity index (χ2n) is 9.27.